The Morgan fingerprint density at radius 1 is 1.38 bits per heavy atom. The Labute approximate surface area is 123 Å². The van der Waals surface area contributed by atoms with E-state index in [-0.39, 0.29) is 11.3 Å². The van der Waals surface area contributed by atoms with Gasteiger partial charge in [0.15, 0.2) is 0 Å². The molecule has 3 rings (SSSR count). The highest BCUT2D eigenvalue weighted by Crippen LogP contribution is 2.48. The number of alkyl halides is 2. The Morgan fingerprint density at radius 2 is 2.10 bits per heavy atom. The Morgan fingerprint density at radius 3 is 2.67 bits per heavy atom. The Kier molecular flexibility index (Phi) is 3.48. The average molecular weight is 294 g/mol. The minimum Gasteiger partial charge on any atom is -0.354 e. The van der Waals surface area contributed by atoms with Crippen LogP contribution in [0.4, 0.5) is 8.78 Å². The van der Waals surface area contributed by atoms with E-state index in [1.165, 1.54) is 11.1 Å². The largest absolute Gasteiger partial charge is 0.354 e. The van der Waals surface area contributed by atoms with Crippen LogP contribution in [0.5, 0.6) is 0 Å². The van der Waals surface area contributed by atoms with Crippen molar-refractivity contribution in [3.63, 3.8) is 0 Å². The molecule has 1 saturated heterocycles. The van der Waals surface area contributed by atoms with E-state index in [0.717, 1.165) is 12.8 Å². The second-order valence-corrected chi connectivity index (χ2v) is 6.31. The Balaban J connectivity index is 1.61. The number of hydrogen-bond acceptors (Lipinski definition) is 2. The van der Waals surface area contributed by atoms with E-state index < -0.39 is 24.9 Å². The van der Waals surface area contributed by atoms with E-state index in [1.54, 1.807) is 0 Å². The van der Waals surface area contributed by atoms with Crippen LogP contribution in [-0.2, 0) is 10.2 Å². The third kappa shape index (κ3) is 2.93. The minimum atomic E-state index is -2.77. The molecule has 1 aliphatic heterocycles. The fourth-order valence-electron chi connectivity index (χ4n) is 3.14. The summed E-state index contributed by atoms with van der Waals surface area (Å²) >= 11 is 0. The van der Waals surface area contributed by atoms with Gasteiger partial charge in [-0.05, 0) is 30.9 Å². The standard InChI is InChI=1S/C16H20F2N2O/c1-11-4-2-3-5-12(11)15(6-7-15)9-20-14(21)13-8-16(17,18)10-19-13/h2-5,13,19H,6-10H2,1H3,(H,20,21). The molecule has 1 aromatic carbocycles. The van der Waals surface area contributed by atoms with Crippen LogP contribution in [0, 0.1) is 6.92 Å². The molecule has 1 aromatic rings. The summed E-state index contributed by atoms with van der Waals surface area (Å²) in [6, 6.07) is 7.39. The van der Waals surface area contributed by atoms with Crippen molar-refractivity contribution in [1.82, 2.24) is 10.6 Å². The maximum Gasteiger partial charge on any atom is 0.262 e. The van der Waals surface area contributed by atoms with Gasteiger partial charge in [-0.1, -0.05) is 24.3 Å². The van der Waals surface area contributed by atoms with Gasteiger partial charge in [0, 0.05) is 18.4 Å². The molecule has 5 heteroatoms. The Bertz CT molecular complexity index is 555. The summed E-state index contributed by atoms with van der Waals surface area (Å²) < 4.78 is 26.2. The summed E-state index contributed by atoms with van der Waals surface area (Å²) in [6.45, 7) is 2.19. The van der Waals surface area contributed by atoms with Gasteiger partial charge in [-0.25, -0.2) is 8.78 Å². The highest BCUT2D eigenvalue weighted by molar-refractivity contribution is 5.82. The lowest BCUT2D eigenvalue weighted by molar-refractivity contribution is -0.123. The maximum absolute atomic E-state index is 13.1. The van der Waals surface area contributed by atoms with Gasteiger partial charge in [0.25, 0.3) is 5.92 Å². The van der Waals surface area contributed by atoms with E-state index in [0.29, 0.717) is 6.54 Å². The van der Waals surface area contributed by atoms with Crippen LogP contribution < -0.4 is 10.6 Å². The van der Waals surface area contributed by atoms with Gasteiger partial charge in [-0.2, -0.15) is 0 Å². The van der Waals surface area contributed by atoms with Gasteiger partial charge in [-0.3, -0.25) is 10.1 Å². The first-order chi connectivity index (χ1) is 9.92. The van der Waals surface area contributed by atoms with Crippen molar-refractivity contribution >= 4 is 5.91 Å². The number of carbonyl (C=O) groups excluding carboxylic acids is 1. The molecule has 3 nitrogen and oxygen atoms in total. The Hall–Kier alpha value is -1.49. The third-order valence-corrected chi connectivity index (χ3v) is 4.60. The summed E-state index contributed by atoms with van der Waals surface area (Å²) in [5.74, 6) is -3.08. The van der Waals surface area contributed by atoms with Gasteiger partial charge < -0.3 is 5.32 Å². The number of aryl methyl sites for hydroxylation is 1. The van der Waals surface area contributed by atoms with Crippen molar-refractivity contribution in [2.75, 3.05) is 13.1 Å². The zero-order chi connectivity index (χ0) is 15.1. The zero-order valence-electron chi connectivity index (χ0n) is 12.1. The van der Waals surface area contributed by atoms with Gasteiger partial charge in [0.1, 0.15) is 0 Å². The van der Waals surface area contributed by atoms with Crippen LogP contribution in [0.1, 0.15) is 30.4 Å². The predicted molar refractivity (Wildman–Crippen MR) is 76.5 cm³/mol. The molecule has 1 unspecified atom stereocenters. The van der Waals surface area contributed by atoms with Crippen LogP contribution >= 0.6 is 0 Å². The van der Waals surface area contributed by atoms with Crippen LogP contribution in [0.2, 0.25) is 0 Å². The molecule has 2 aliphatic rings. The smallest absolute Gasteiger partial charge is 0.262 e. The second kappa shape index (κ2) is 5.05. The quantitative estimate of drug-likeness (QED) is 0.893. The molecule has 0 aromatic heterocycles. The summed E-state index contributed by atoms with van der Waals surface area (Å²) in [7, 11) is 0. The fourth-order valence-corrected chi connectivity index (χ4v) is 3.14. The van der Waals surface area contributed by atoms with E-state index in [2.05, 4.69) is 29.7 Å². The highest BCUT2D eigenvalue weighted by atomic mass is 19.3. The number of benzene rings is 1. The highest BCUT2D eigenvalue weighted by Gasteiger charge is 2.46. The van der Waals surface area contributed by atoms with E-state index in [1.807, 2.05) is 12.1 Å². The van der Waals surface area contributed by atoms with Crippen LogP contribution in [0.3, 0.4) is 0 Å². The molecular formula is C16H20F2N2O. The molecule has 0 radical (unpaired) electrons. The van der Waals surface area contributed by atoms with Crippen LogP contribution in [0.15, 0.2) is 24.3 Å². The molecule has 1 atom stereocenters. The van der Waals surface area contributed by atoms with E-state index in [4.69, 9.17) is 0 Å². The number of hydrogen-bond donors (Lipinski definition) is 2. The lowest BCUT2D eigenvalue weighted by Gasteiger charge is -2.20. The van der Waals surface area contributed by atoms with Crippen molar-refractivity contribution in [1.29, 1.82) is 0 Å². The van der Waals surface area contributed by atoms with Gasteiger partial charge in [0.2, 0.25) is 5.91 Å². The molecule has 1 heterocycles. The zero-order valence-corrected chi connectivity index (χ0v) is 12.1. The summed E-state index contributed by atoms with van der Waals surface area (Å²) in [5, 5.41) is 5.45. The first kappa shape index (κ1) is 14.4. The normalized spacial score (nSPS) is 25.6. The monoisotopic (exact) mass is 294 g/mol. The van der Waals surface area contributed by atoms with Crippen LogP contribution in [0.25, 0.3) is 0 Å². The molecular weight excluding hydrogens is 274 g/mol. The molecule has 114 valence electrons. The first-order valence-corrected chi connectivity index (χ1v) is 7.37. The summed E-state index contributed by atoms with van der Waals surface area (Å²) in [6.07, 6.45) is 1.66. The SMILES string of the molecule is Cc1ccccc1C1(CNC(=O)C2CC(F)(F)CN2)CC1. The summed E-state index contributed by atoms with van der Waals surface area (Å²) in [4.78, 5) is 12.0. The molecule has 0 spiro atoms. The molecule has 1 aliphatic carbocycles. The lowest BCUT2D eigenvalue weighted by Crippen LogP contribution is -2.43. The van der Waals surface area contributed by atoms with Crippen molar-refractivity contribution in [2.24, 2.45) is 0 Å². The number of amides is 1. The van der Waals surface area contributed by atoms with Crippen LogP contribution in [-0.4, -0.2) is 31.0 Å². The summed E-state index contributed by atoms with van der Waals surface area (Å²) in [5.41, 5.74) is 2.48. The van der Waals surface area contributed by atoms with Crippen molar-refractivity contribution < 1.29 is 13.6 Å². The van der Waals surface area contributed by atoms with Gasteiger partial charge >= 0.3 is 0 Å². The minimum absolute atomic E-state index is 0.00211. The number of carbonyl (C=O) groups is 1. The lowest BCUT2D eigenvalue weighted by atomic mass is 9.92. The number of rotatable bonds is 4. The maximum atomic E-state index is 13.1. The third-order valence-electron chi connectivity index (χ3n) is 4.60. The van der Waals surface area contributed by atoms with Crippen molar-refractivity contribution in [3.8, 4) is 0 Å². The van der Waals surface area contributed by atoms with Crippen molar-refractivity contribution in [2.45, 2.75) is 43.6 Å². The number of halogens is 2. The first-order valence-electron chi connectivity index (χ1n) is 7.37. The van der Waals surface area contributed by atoms with Gasteiger partial charge in [-0.15, -0.1) is 0 Å². The molecule has 21 heavy (non-hydrogen) atoms. The molecule has 0 bridgehead atoms. The fraction of sp³-hybridized carbons (Fsp3) is 0.562. The molecule has 2 N–H and O–H groups in total. The molecule has 1 saturated carbocycles. The second-order valence-electron chi connectivity index (χ2n) is 6.31. The average Bonchev–Trinajstić information content (AvgIpc) is 3.14. The van der Waals surface area contributed by atoms with E-state index >= 15 is 0 Å². The molecule has 2 fully saturated rings. The topological polar surface area (TPSA) is 41.1 Å². The van der Waals surface area contributed by atoms with Gasteiger partial charge in [0.05, 0.1) is 12.6 Å². The number of nitrogens with one attached hydrogen (secondary N) is 2. The van der Waals surface area contributed by atoms with E-state index in [9.17, 15) is 13.6 Å². The molecule has 1 amide bonds. The van der Waals surface area contributed by atoms with Crippen molar-refractivity contribution in [3.05, 3.63) is 35.4 Å². The predicted octanol–water partition coefficient (Wildman–Crippen LogP) is 2.14.